The van der Waals surface area contributed by atoms with Crippen LogP contribution in [0.1, 0.15) is 0 Å². The zero-order valence-corrected chi connectivity index (χ0v) is 46.1. The van der Waals surface area contributed by atoms with E-state index in [2.05, 4.69) is 350 Å². The number of anilines is 6. The van der Waals surface area contributed by atoms with Crippen LogP contribution in [0, 0.1) is 0 Å². The summed E-state index contributed by atoms with van der Waals surface area (Å²) in [5.41, 5.74) is 25.0. The lowest BCUT2D eigenvalue weighted by Gasteiger charge is -2.25. The predicted octanol–water partition coefficient (Wildman–Crippen LogP) is 21.9. The lowest BCUT2D eigenvalue weighted by Crippen LogP contribution is -2.09. The highest BCUT2D eigenvalue weighted by Gasteiger charge is 2.21. The second-order valence-electron chi connectivity index (χ2n) is 20.9. The summed E-state index contributed by atoms with van der Waals surface area (Å²) in [6.07, 6.45) is 0. The molecule has 0 bridgehead atoms. The third-order valence-electron chi connectivity index (χ3n) is 15.7. The molecule has 4 heteroatoms. The van der Waals surface area contributed by atoms with Crippen LogP contribution in [-0.2, 0) is 0 Å². The molecular formula is C80H56N4. The average molecular weight is 1070 g/mol. The Labute approximate surface area is 491 Å². The summed E-state index contributed by atoms with van der Waals surface area (Å²) in [6, 6.07) is 121. The Kier molecular flexibility index (Phi) is 14.0. The van der Waals surface area contributed by atoms with Gasteiger partial charge in [-0.05, 0) is 141 Å². The van der Waals surface area contributed by atoms with Crippen LogP contribution in [0.2, 0.25) is 0 Å². The molecule has 0 spiro atoms. The van der Waals surface area contributed by atoms with Gasteiger partial charge in [0.2, 0.25) is 0 Å². The molecule has 0 fully saturated rings. The first kappa shape index (κ1) is 51.0. The van der Waals surface area contributed by atoms with Crippen LogP contribution >= 0.6 is 0 Å². The molecule has 0 radical (unpaired) electrons. The summed E-state index contributed by atoms with van der Waals surface area (Å²) in [4.78, 5) is 16.3. The van der Waals surface area contributed by atoms with Crippen molar-refractivity contribution in [3.8, 4) is 89.3 Å². The Morgan fingerprint density at radius 1 is 0.167 bits per heavy atom. The molecule has 13 aromatic carbocycles. The summed E-state index contributed by atoms with van der Waals surface area (Å²) in [6.45, 7) is 0. The highest BCUT2D eigenvalue weighted by molar-refractivity contribution is 6.04. The van der Waals surface area contributed by atoms with Gasteiger partial charge < -0.3 is 9.80 Å². The van der Waals surface area contributed by atoms with Crippen molar-refractivity contribution in [2.75, 3.05) is 9.80 Å². The normalized spacial score (nSPS) is 11.1. The second-order valence-corrected chi connectivity index (χ2v) is 20.9. The number of para-hydroxylation sites is 4. The number of hydrogen-bond donors (Lipinski definition) is 0. The SMILES string of the molecule is c1ccc(-c2cccc(-c3ccc(-c4cccc(-c5ccccc5)c4)c4nc(-c5ccc(-c6ccc(N(c7ccccc7)c7ccccc7)cc6)cc5)c(-c5ccc(-c6ccc(N(c7ccccc7)c7ccccc7)cc6)cc5)nc34)c2)cc1. The van der Waals surface area contributed by atoms with Crippen molar-refractivity contribution in [1.82, 2.24) is 9.97 Å². The molecule has 1 aromatic heterocycles. The fraction of sp³-hybridized carbons (Fsp3) is 0. The zero-order valence-electron chi connectivity index (χ0n) is 46.1. The van der Waals surface area contributed by atoms with E-state index in [-0.39, 0.29) is 0 Å². The minimum atomic E-state index is 0.806. The number of nitrogens with zero attached hydrogens (tertiary/aromatic N) is 4. The van der Waals surface area contributed by atoms with Crippen molar-refractivity contribution >= 4 is 45.2 Å². The molecule has 14 rings (SSSR count). The zero-order chi connectivity index (χ0) is 56.0. The molecule has 84 heavy (non-hydrogen) atoms. The van der Waals surface area contributed by atoms with Crippen molar-refractivity contribution in [2.24, 2.45) is 0 Å². The van der Waals surface area contributed by atoms with E-state index in [1.54, 1.807) is 0 Å². The van der Waals surface area contributed by atoms with Gasteiger partial charge in [0.1, 0.15) is 0 Å². The first-order chi connectivity index (χ1) is 41.6. The first-order valence-electron chi connectivity index (χ1n) is 28.5. The summed E-state index contributed by atoms with van der Waals surface area (Å²) < 4.78 is 0. The van der Waals surface area contributed by atoms with E-state index in [0.29, 0.717) is 0 Å². The van der Waals surface area contributed by atoms with Gasteiger partial charge in [0.25, 0.3) is 0 Å². The third kappa shape index (κ3) is 10.4. The molecule has 396 valence electrons. The number of hydrogen-bond acceptors (Lipinski definition) is 4. The number of fused-ring (bicyclic) bond motifs is 1. The van der Waals surface area contributed by atoms with Gasteiger partial charge in [0.05, 0.1) is 22.4 Å². The van der Waals surface area contributed by atoms with Crippen molar-refractivity contribution in [1.29, 1.82) is 0 Å². The van der Waals surface area contributed by atoms with Gasteiger partial charge in [-0.1, -0.05) is 255 Å². The van der Waals surface area contributed by atoms with Gasteiger partial charge in [-0.15, -0.1) is 0 Å². The molecule has 0 saturated heterocycles. The Morgan fingerprint density at radius 3 is 0.702 bits per heavy atom. The average Bonchev–Trinajstić information content (AvgIpc) is 2.49. The maximum absolute atomic E-state index is 5.84. The minimum absolute atomic E-state index is 0.806. The van der Waals surface area contributed by atoms with Crippen LogP contribution in [0.5, 0.6) is 0 Å². The van der Waals surface area contributed by atoms with Crippen LogP contribution in [0.25, 0.3) is 100 Å². The van der Waals surface area contributed by atoms with E-state index in [0.717, 1.165) is 134 Å². The van der Waals surface area contributed by atoms with Crippen LogP contribution in [0.4, 0.5) is 34.1 Å². The monoisotopic (exact) mass is 1070 g/mol. The Balaban J connectivity index is 0.897. The Morgan fingerprint density at radius 2 is 0.393 bits per heavy atom. The predicted molar refractivity (Wildman–Crippen MR) is 352 cm³/mol. The standard InChI is InChI=1S/C80H56N4/c1-7-21-57(22-8-1)65-25-19-27-67(55-65)75-53-54-76(68-28-20-26-66(56-68)58-23-9-2-10-24-58)80-79(75)81-77(63-41-37-59(38-42-63)61-45-49-73(50-46-61)83(69-29-11-3-12-30-69)70-31-13-4-14-32-70)78(82-80)64-43-39-60(40-44-64)62-47-51-74(52-48-62)84(71-33-15-5-16-34-71)72-35-17-6-18-36-72/h1-56H. The molecule has 0 amide bonds. The number of aromatic nitrogens is 2. The van der Waals surface area contributed by atoms with Crippen LogP contribution in [0.15, 0.2) is 340 Å². The maximum Gasteiger partial charge on any atom is 0.0979 e. The van der Waals surface area contributed by atoms with Crippen LogP contribution in [-0.4, -0.2) is 9.97 Å². The lowest BCUT2D eigenvalue weighted by atomic mass is 9.93. The fourth-order valence-electron chi connectivity index (χ4n) is 11.4. The molecular weight excluding hydrogens is 1020 g/mol. The first-order valence-corrected chi connectivity index (χ1v) is 28.5. The van der Waals surface area contributed by atoms with E-state index in [4.69, 9.17) is 9.97 Å². The third-order valence-corrected chi connectivity index (χ3v) is 15.7. The van der Waals surface area contributed by atoms with Crippen molar-refractivity contribution in [3.63, 3.8) is 0 Å². The Bertz CT molecular complexity index is 4150. The second kappa shape index (κ2) is 23.1. The van der Waals surface area contributed by atoms with E-state index in [1.165, 1.54) is 0 Å². The summed E-state index contributed by atoms with van der Waals surface area (Å²) in [7, 11) is 0. The van der Waals surface area contributed by atoms with Gasteiger partial charge in [-0.2, -0.15) is 0 Å². The summed E-state index contributed by atoms with van der Waals surface area (Å²) in [5, 5.41) is 0. The van der Waals surface area contributed by atoms with E-state index < -0.39 is 0 Å². The smallest absolute Gasteiger partial charge is 0.0979 e. The molecule has 1 heterocycles. The van der Waals surface area contributed by atoms with E-state index in [9.17, 15) is 0 Å². The topological polar surface area (TPSA) is 32.3 Å². The largest absolute Gasteiger partial charge is 0.311 e. The molecule has 0 aliphatic rings. The van der Waals surface area contributed by atoms with Crippen LogP contribution < -0.4 is 9.80 Å². The number of rotatable bonds is 14. The molecule has 0 aliphatic carbocycles. The molecule has 4 nitrogen and oxygen atoms in total. The summed E-state index contributed by atoms with van der Waals surface area (Å²) in [5.74, 6) is 0. The summed E-state index contributed by atoms with van der Waals surface area (Å²) >= 11 is 0. The van der Waals surface area contributed by atoms with Gasteiger partial charge in [0, 0.05) is 56.4 Å². The molecule has 0 atom stereocenters. The highest BCUT2D eigenvalue weighted by atomic mass is 15.1. The van der Waals surface area contributed by atoms with Gasteiger partial charge in [0.15, 0.2) is 0 Å². The van der Waals surface area contributed by atoms with E-state index >= 15 is 0 Å². The molecule has 0 unspecified atom stereocenters. The number of benzene rings is 13. The van der Waals surface area contributed by atoms with Crippen molar-refractivity contribution in [2.45, 2.75) is 0 Å². The van der Waals surface area contributed by atoms with Crippen LogP contribution in [0.3, 0.4) is 0 Å². The van der Waals surface area contributed by atoms with E-state index in [1.807, 2.05) is 0 Å². The quantitative estimate of drug-likeness (QED) is 0.109. The molecule has 0 saturated carbocycles. The minimum Gasteiger partial charge on any atom is -0.311 e. The molecule has 0 N–H and O–H groups in total. The lowest BCUT2D eigenvalue weighted by molar-refractivity contribution is 1.28. The highest BCUT2D eigenvalue weighted by Crippen LogP contribution is 2.43. The van der Waals surface area contributed by atoms with Gasteiger partial charge >= 0.3 is 0 Å². The van der Waals surface area contributed by atoms with Gasteiger partial charge in [-0.25, -0.2) is 9.97 Å². The Hall–Kier alpha value is -11.2. The molecule has 0 aliphatic heterocycles. The molecule has 14 aromatic rings. The maximum atomic E-state index is 5.84. The van der Waals surface area contributed by atoms with Crippen molar-refractivity contribution in [3.05, 3.63) is 340 Å². The van der Waals surface area contributed by atoms with Gasteiger partial charge in [-0.3, -0.25) is 0 Å². The van der Waals surface area contributed by atoms with Crippen molar-refractivity contribution < 1.29 is 0 Å². The fourth-order valence-corrected chi connectivity index (χ4v) is 11.4.